The number of carbonyl (C=O) groups excluding carboxylic acids is 1. The molecule has 0 spiro atoms. The largest absolute Gasteiger partial charge is 0.493 e. The summed E-state index contributed by atoms with van der Waals surface area (Å²) in [6.45, 7) is 4.43. The van der Waals surface area contributed by atoms with Crippen LogP contribution in [0, 0.1) is 0 Å². The molecule has 0 saturated carbocycles. The smallest absolute Gasteiger partial charge is 0.246 e. The van der Waals surface area contributed by atoms with Gasteiger partial charge in [0.25, 0.3) is 0 Å². The fourth-order valence-corrected chi connectivity index (χ4v) is 2.33. The van der Waals surface area contributed by atoms with Crippen LogP contribution in [-0.2, 0) is 4.79 Å². The van der Waals surface area contributed by atoms with E-state index in [9.17, 15) is 4.79 Å². The highest BCUT2D eigenvalue weighted by Gasteiger charge is 2.21. The van der Waals surface area contributed by atoms with E-state index in [-0.39, 0.29) is 18.3 Å². The summed E-state index contributed by atoms with van der Waals surface area (Å²) < 4.78 is 5.54. The van der Waals surface area contributed by atoms with Gasteiger partial charge < -0.3 is 15.0 Å². The van der Waals surface area contributed by atoms with Gasteiger partial charge in [0.1, 0.15) is 5.75 Å². The van der Waals surface area contributed by atoms with E-state index in [4.69, 9.17) is 4.74 Å². The highest BCUT2D eigenvalue weighted by Crippen LogP contribution is 2.19. The summed E-state index contributed by atoms with van der Waals surface area (Å²) in [7, 11) is 1.86. The van der Waals surface area contributed by atoms with Crippen molar-refractivity contribution in [2.45, 2.75) is 19.4 Å². The van der Waals surface area contributed by atoms with Gasteiger partial charge in [-0.3, -0.25) is 4.79 Å². The molecular formula is C16H23ClN2O2. The fourth-order valence-electron chi connectivity index (χ4n) is 2.33. The molecule has 1 heterocycles. The molecule has 1 aromatic rings. The summed E-state index contributed by atoms with van der Waals surface area (Å²) in [4.78, 5) is 13.9. The van der Waals surface area contributed by atoms with Crippen molar-refractivity contribution in [2.24, 2.45) is 0 Å². The molecule has 0 bridgehead atoms. The Bertz CT molecular complexity index is 485. The van der Waals surface area contributed by atoms with E-state index < -0.39 is 0 Å². The minimum absolute atomic E-state index is 0. The number of amides is 1. The lowest BCUT2D eigenvalue weighted by atomic mass is 10.1. The minimum Gasteiger partial charge on any atom is -0.493 e. The topological polar surface area (TPSA) is 41.6 Å². The molecule has 1 aromatic carbocycles. The predicted molar refractivity (Wildman–Crippen MR) is 87.9 cm³/mol. The summed E-state index contributed by atoms with van der Waals surface area (Å²) in [5, 5.41) is 3.27. The van der Waals surface area contributed by atoms with Crippen LogP contribution < -0.4 is 10.1 Å². The van der Waals surface area contributed by atoms with Crippen LogP contribution in [0.15, 0.2) is 30.3 Å². The average molecular weight is 311 g/mol. The highest BCUT2D eigenvalue weighted by atomic mass is 35.5. The minimum atomic E-state index is 0. The number of benzene rings is 1. The third-order valence-corrected chi connectivity index (χ3v) is 3.55. The number of hydrogen-bond donors (Lipinski definition) is 1. The van der Waals surface area contributed by atoms with Gasteiger partial charge in [0.2, 0.25) is 5.91 Å². The second-order valence-electron chi connectivity index (χ2n) is 4.90. The van der Waals surface area contributed by atoms with Crippen LogP contribution in [0.5, 0.6) is 5.75 Å². The maximum absolute atomic E-state index is 12.1. The molecule has 1 unspecified atom stereocenters. The molecule has 0 radical (unpaired) electrons. The van der Waals surface area contributed by atoms with Crippen molar-refractivity contribution in [2.75, 3.05) is 26.7 Å². The maximum atomic E-state index is 12.1. The van der Waals surface area contributed by atoms with Crippen LogP contribution in [-0.4, -0.2) is 43.6 Å². The van der Waals surface area contributed by atoms with E-state index in [0.717, 1.165) is 30.8 Å². The number of rotatable bonds is 5. The molecule has 5 heteroatoms. The average Bonchev–Trinajstić information content (AvgIpc) is 2.99. The number of para-hydroxylation sites is 1. The molecule has 1 aliphatic rings. The molecule has 2 rings (SSSR count). The lowest BCUT2D eigenvalue weighted by Gasteiger charge is -2.22. The molecule has 0 aliphatic carbocycles. The van der Waals surface area contributed by atoms with Gasteiger partial charge in [-0.2, -0.15) is 0 Å². The number of carbonyl (C=O) groups is 1. The number of halogens is 1. The van der Waals surface area contributed by atoms with Gasteiger partial charge in [0.05, 0.1) is 6.61 Å². The summed E-state index contributed by atoms with van der Waals surface area (Å²) in [5.41, 5.74) is 0.931. The van der Waals surface area contributed by atoms with Gasteiger partial charge in [-0.1, -0.05) is 18.2 Å². The van der Waals surface area contributed by atoms with Gasteiger partial charge in [0, 0.05) is 31.3 Å². The van der Waals surface area contributed by atoms with Crippen LogP contribution in [0.25, 0.3) is 6.08 Å². The molecule has 21 heavy (non-hydrogen) atoms. The van der Waals surface area contributed by atoms with Crippen molar-refractivity contribution in [3.8, 4) is 5.75 Å². The highest BCUT2D eigenvalue weighted by molar-refractivity contribution is 5.92. The number of ether oxygens (including phenoxy) is 1. The Morgan fingerprint density at radius 2 is 2.24 bits per heavy atom. The Kier molecular flexibility index (Phi) is 7.26. The van der Waals surface area contributed by atoms with Gasteiger partial charge in [-0.05, 0) is 32.0 Å². The van der Waals surface area contributed by atoms with E-state index in [1.165, 1.54) is 0 Å². The number of hydrogen-bond acceptors (Lipinski definition) is 3. The predicted octanol–water partition coefficient (Wildman–Crippen LogP) is 2.34. The lowest BCUT2D eigenvalue weighted by molar-refractivity contribution is -0.126. The molecule has 1 aliphatic heterocycles. The van der Waals surface area contributed by atoms with Crippen molar-refractivity contribution in [3.05, 3.63) is 35.9 Å². The first-order valence-electron chi connectivity index (χ1n) is 7.09. The van der Waals surface area contributed by atoms with Crippen LogP contribution >= 0.6 is 12.4 Å². The molecule has 1 N–H and O–H groups in total. The molecule has 1 fully saturated rings. The zero-order chi connectivity index (χ0) is 14.4. The first-order valence-corrected chi connectivity index (χ1v) is 7.09. The molecule has 116 valence electrons. The van der Waals surface area contributed by atoms with Crippen molar-refractivity contribution >= 4 is 24.4 Å². The third kappa shape index (κ3) is 4.76. The summed E-state index contributed by atoms with van der Waals surface area (Å²) in [5.74, 6) is 0.842. The van der Waals surface area contributed by atoms with Gasteiger partial charge >= 0.3 is 0 Å². The van der Waals surface area contributed by atoms with Crippen LogP contribution in [0.1, 0.15) is 18.9 Å². The van der Waals surface area contributed by atoms with Crippen LogP contribution in [0.3, 0.4) is 0 Å². The Morgan fingerprint density at radius 3 is 2.90 bits per heavy atom. The van der Waals surface area contributed by atoms with Gasteiger partial charge in [0.15, 0.2) is 0 Å². The lowest BCUT2D eigenvalue weighted by Crippen LogP contribution is -2.37. The Hall–Kier alpha value is -1.52. The van der Waals surface area contributed by atoms with E-state index in [2.05, 4.69) is 5.32 Å². The zero-order valence-electron chi connectivity index (χ0n) is 12.5. The number of nitrogens with one attached hydrogen (secondary N) is 1. The molecule has 1 atom stereocenters. The van der Waals surface area contributed by atoms with Gasteiger partial charge in [-0.25, -0.2) is 0 Å². The van der Waals surface area contributed by atoms with Crippen LogP contribution in [0.4, 0.5) is 0 Å². The van der Waals surface area contributed by atoms with Crippen molar-refractivity contribution < 1.29 is 9.53 Å². The fraction of sp³-hybridized carbons (Fsp3) is 0.438. The summed E-state index contributed by atoms with van der Waals surface area (Å²) >= 11 is 0. The normalized spacial score (nSPS) is 17.5. The molecule has 1 amide bonds. The molecule has 4 nitrogen and oxygen atoms in total. The Balaban J connectivity index is 0.00000220. The monoisotopic (exact) mass is 310 g/mol. The third-order valence-electron chi connectivity index (χ3n) is 3.55. The zero-order valence-corrected chi connectivity index (χ0v) is 13.4. The first kappa shape index (κ1) is 17.5. The molecule has 0 aromatic heterocycles. The molecular weight excluding hydrogens is 288 g/mol. The molecule has 1 saturated heterocycles. The number of nitrogens with zero attached hydrogens (tertiary/aromatic N) is 1. The van der Waals surface area contributed by atoms with Crippen molar-refractivity contribution in [3.63, 3.8) is 0 Å². The summed E-state index contributed by atoms with van der Waals surface area (Å²) in [6, 6.07) is 8.04. The van der Waals surface area contributed by atoms with Crippen LogP contribution in [0.2, 0.25) is 0 Å². The second kappa shape index (κ2) is 8.70. The van der Waals surface area contributed by atoms with E-state index >= 15 is 0 Å². The first-order chi connectivity index (χ1) is 9.72. The van der Waals surface area contributed by atoms with E-state index in [1.807, 2.05) is 44.3 Å². The van der Waals surface area contributed by atoms with Crippen molar-refractivity contribution in [1.82, 2.24) is 10.2 Å². The quantitative estimate of drug-likeness (QED) is 0.849. The SMILES string of the molecule is CCOc1ccccc1/C=C/C(=O)N(C)C1CCNC1.Cl. The van der Waals surface area contributed by atoms with Gasteiger partial charge in [-0.15, -0.1) is 12.4 Å². The number of likely N-dealkylation sites (N-methyl/N-ethyl adjacent to an activating group) is 1. The van der Waals surface area contributed by atoms with E-state index in [1.54, 1.807) is 11.0 Å². The van der Waals surface area contributed by atoms with E-state index in [0.29, 0.717) is 12.6 Å². The standard InChI is InChI=1S/C16H22N2O2.ClH/c1-3-20-15-7-5-4-6-13(15)8-9-16(19)18(2)14-10-11-17-12-14;/h4-9,14,17H,3,10-12H2,1-2H3;1H/b9-8+;. The van der Waals surface area contributed by atoms with Crippen molar-refractivity contribution in [1.29, 1.82) is 0 Å². The Labute approximate surface area is 132 Å². The maximum Gasteiger partial charge on any atom is 0.246 e. The second-order valence-corrected chi connectivity index (χ2v) is 4.90. The Morgan fingerprint density at radius 1 is 1.48 bits per heavy atom. The summed E-state index contributed by atoms with van der Waals surface area (Å²) in [6.07, 6.45) is 4.47.